The number of carbonyl (C=O) groups is 1. The van der Waals surface area contributed by atoms with Gasteiger partial charge >= 0.3 is 0 Å². The van der Waals surface area contributed by atoms with Crippen LogP contribution in [0.2, 0.25) is 5.02 Å². The summed E-state index contributed by atoms with van der Waals surface area (Å²) in [5, 5.41) is 19.9. The number of hydrogen-bond donors (Lipinski definition) is 0. The second-order valence-corrected chi connectivity index (χ2v) is 6.62. The lowest BCUT2D eigenvalue weighted by Gasteiger charge is -2.09. The van der Waals surface area contributed by atoms with E-state index in [1.807, 2.05) is 13.0 Å². The first kappa shape index (κ1) is 19.0. The van der Waals surface area contributed by atoms with Crippen LogP contribution in [0.5, 0.6) is 5.75 Å². The molecule has 0 radical (unpaired) electrons. The molecule has 0 saturated heterocycles. The molecular formula is C19H14ClN2O4S-. The lowest BCUT2D eigenvalue weighted by Crippen LogP contribution is -2.23. The van der Waals surface area contributed by atoms with E-state index >= 15 is 0 Å². The quantitative estimate of drug-likeness (QED) is 0.440. The minimum atomic E-state index is -1.36. The third kappa shape index (κ3) is 4.69. The third-order valence-corrected chi connectivity index (χ3v) is 4.59. The summed E-state index contributed by atoms with van der Waals surface area (Å²) in [5.41, 5.74) is 1.18. The molecular weight excluding hydrogens is 388 g/mol. The van der Waals surface area contributed by atoms with Gasteiger partial charge < -0.3 is 19.1 Å². The molecule has 0 atom stereocenters. The van der Waals surface area contributed by atoms with Crippen LogP contribution >= 0.6 is 23.4 Å². The van der Waals surface area contributed by atoms with Crippen molar-refractivity contribution in [3.05, 3.63) is 64.0 Å². The topological polar surface area (TPSA) is 88.3 Å². The van der Waals surface area contributed by atoms with Gasteiger partial charge in [0.05, 0.1) is 23.2 Å². The number of ether oxygens (including phenoxy) is 1. The van der Waals surface area contributed by atoms with E-state index in [0.29, 0.717) is 28.5 Å². The van der Waals surface area contributed by atoms with Crippen molar-refractivity contribution in [3.63, 3.8) is 0 Å². The Morgan fingerprint density at radius 2 is 1.96 bits per heavy atom. The molecule has 3 aromatic rings. The summed E-state index contributed by atoms with van der Waals surface area (Å²) in [6.45, 7) is 2.31. The van der Waals surface area contributed by atoms with Gasteiger partial charge in [-0.2, -0.15) is 0 Å². The van der Waals surface area contributed by atoms with E-state index in [4.69, 9.17) is 20.8 Å². The number of para-hydroxylation sites is 1. The van der Waals surface area contributed by atoms with E-state index in [2.05, 4.69) is 10.2 Å². The van der Waals surface area contributed by atoms with Crippen LogP contribution in [0.15, 0.2) is 63.1 Å². The first-order valence-electron chi connectivity index (χ1n) is 7.99. The Labute approximate surface area is 164 Å². The Hall–Kier alpha value is -2.77. The number of benzene rings is 2. The van der Waals surface area contributed by atoms with Crippen molar-refractivity contribution in [3.8, 4) is 17.2 Å². The number of nitrogens with zero attached hydrogens (tertiary/aromatic N) is 2. The highest BCUT2D eigenvalue weighted by Crippen LogP contribution is 2.33. The van der Waals surface area contributed by atoms with Crippen molar-refractivity contribution in [2.75, 3.05) is 6.61 Å². The van der Waals surface area contributed by atoms with Crippen molar-refractivity contribution in [1.82, 2.24) is 10.2 Å². The van der Waals surface area contributed by atoms with Crippen LogP contribution in [-0.4, -0.2) is 22.8 Å². The van der Waals surface area contributed by atoms with E-state index in [-0.39, 0.29) is 16.0 Å². The fraction of sp³-hybridized carbons (Fsp3) is 0.105. The third-order valence-electron chi connectivity index (χ3n) is 3.41. The molecule has 0 aliphatic heterocycles. The van der Waals surface area contributed by atoms with Gasteiger partial charge in [-0.05, 0) is 43.0 Å². The largest absolute Gasteiger partial charge is 0.544 e. The number of aliphatic carboxylic acids is 1. The smallest absolute Gasteiger partial charge is 0.281 e. The first-order chi connectivity index (χ1) is 13.1. The highest BCUT2D eigenvalue weighted by molar-refractivity contribution is 8.03. The summed E-state index contributed by atoms with van der Waals surface area (Å²) < 4.78 is 11.0. The zero-order chi connectivity index (χ0) is 19.2. The number of halogens is 1. The van der Waals surface area contributed by atoms with E-state index in [0.717, 1.165) is 11.8 Å². The maximum Gasteiger partial charge on any atom is 0.281 e. The molecule has 1 heterocycles. The number of carbonyl (C=O) groups excluding carboxylic acids is 1. The van der Waals surface area contributed by atoms with Gasteiger partial charge in [0.2, 0.25) is 5.89 Å². The summed E-state index contributed by atoms with van der Waals surface area (Å²) >= 11 is 6.91. The Bertz CT molecular complexity index is 987. The van der Waals surface area contributed by atoms with Crippen molar-refractivity contribution in [1.29, 1.82) is 0 Å². The van der Waals surface area contributed by atoms with Gasteiger partial charge in [-0.3, -0.25) is 0 Å². The van der Waals surface area contributed by atoms with Gasteiger partial charge in [0.25, 0.3) is 5.22 Å². The summed E-state index contributed by atoms with van der Waals surface area (Å²) in [6, 6.07) is 14.1. The molecule has 0 amide bonds. The van der Waals surface area contributed by atoms with Gasteiger partial charge in [-0.15, -0.1) is 10.2 Å². The molecule has 0 aliphatic rings. The molecule has 8 heteroatoms. The molecule has 0 unspecified atom stereocenters. The van der Waals surface area contributed by atoms with Gasteiger partial charge in [0.15, 0.2) is 0 Å². The van der Waals surface area contributed by atoms with Crippen molar-refractivity contribution in [2.45, 2.75) is 12.1 Å². The van der Waals surface area contributed by atoms with Crippen LogP contribution in [0.25, 0.3) is 17.5 Å². The Kier molecular flexibility index (Phi) is 6.16. The summed E-state index contributed by atoms with van der Waals surface area (Å²) in [7, 11) is 0. The van der Waals surface area contributed by atoms with Gasteiger partial charge in [0.1, 0.15) is 5.75 Å². The number of aromatic nitrogens is 2. The minimum absolute atomic E-state index is 0.0641. The highest BCUT2D eigenvalue weighted by atomic mass is 35.5. The molecule has 0 spiro atoms. The molecule has 0 fully saturated rings. The SMILES string of the molecule is CCOc1ccccc1/C=C(/Sc1nnc(-c2ccccc2Cl)o1)C(=O)[O-]. The predicted molar refractivity (Wildman–Crippen MR) is 101 cm³/mol. The van der Waals surface area contributed by atoms with Crippen LogP contribution in [0.1, 0.15) is 12.5 Å². The number of thioether (sulfide) groups is 1. The molecule has 0 aliphatic carbocycles. The van der Waals surface area contributed by atoms with Crippen LogP contribution in [0, 0.1) is 0 Å². The average Bonchev–Trinajstić information content (AvgIpc) is 3.11. The Morgan fingerprint density at radius 1 is 1.22 bits per heavy atom. The molecule has 0 N–H and O–H groups in total. The lowest BCUT2D eigenvalue weighted by atomic mass is 10.2. The molecule has 6 nitrogen and oxygen atoms in total. The zero-order valence-corrected chi connectivity index (χ0v) is 15.8. The van der Waals surface area contributed by atoms with Gasteiger partial charge in [-0.25, -0.2) is 0 Å². The van der Waals surface area contributed by atoms with Crippen molar-refractivity contribution in [2.24, 2.45) is 0 Å². The average molecular weight is 402 g/mol. The second-order valence-electron chi connectivity index (χ2n) is 5.22. The molecule has 27 heavy (non-hydrogen) atoms. The maximum atomic E-state index is 11.6. The van der Waals surface area contributed by atoms with E-state index in [1.54, 1.807) is 42.5 Å². The van der Waals surface area contributed by atoms with Crippen LogP contribution in [0.3, 0.4) is 0 Å². The molecule has 0 saturated carbocycles. The Morgan fingerprint density at radius 3 is 2.70 bits per heavy atom. The molecule has 3 rings (SSSR count). The standard InChI is InChI=1S/C19H15ClN2O4S/c1-2-25-15-10-6-3-7-12(15)11-16(18(23)24)27-19-22-21-17(26-19)13-8-4-5-9-14(13)20/h3-11H,2H2,1H3,(H,23,24)/p-1/b16-11+. The molecule has 1 aromatic heterocycles. The van der Waals surface area contributed by atoms with Crippen LogP contribution in [-0.2, 0) is 4.79 Å². The Balaban J connectivity index is 1.88. The monoisotopic (exact) mass is 401 g/mol. The normalized spacial score (nSPS) is 11.4. The fourth-order valence-corrected chi connectivity index (χ4v) is 3.12. The van der Waals surface area contributed by atoms with E-state index < -0.39 is 5.97 Å². The van der Waals surface area contributed by atoms with Crippen LogP contribution in [0.4, 0.5) is 0 Å². The molecule has 138 valence electrons. The minimum Gasteiger partial charge on any atom is -0.544 e. The predicted octanol–water partition coefficient (Wildman–Crippen LogP) is 3.67. The first-order valence-corrected chi connectivity index (χ1v) is 9.19. The number of carboxylic acid groups (broad SMARTS) is 1. The highest BCUT2D eigenvalue weighted by Gasteiger charge is 2.14. The zero-order valence-electron chi connectivity index (χ0n) is 14.2. The van der Waals surface area contributed by atoms with Crippen molar-refractivity contribution >= 4 is 35.4 Å². The van der Waals surface area contributed by atoms with Gasteiger partial charge in [0, 0.05) is 10.5 Å². The van der Waals surface area contributed by atoms with E-state index in [9.17, 15) is 9.90 Å². The summed E-state index contributed by atoms with van der Waals surface area (Å²) in [5.74, 6) is -0.582. The molecule has 2 aromatic carbocycles. The number of carboxylic acids is 1. The lowest BCUT2D eigenvalue weighted by molar-refractivity contribution is -0.298. The van der Waals surface area contributed by atoms with Crippen LogP contribution < -0.4 is 9.84 Å². The summed E-state index contributed by atoms with van der Waals surface area (Å²) in [6.07, 6.45) is 1.45. The molecule has 0 bridgehead atoms. The van der Waals surface area contributed by atoms with Gasteiger partial charge in [-0.1, -0.05) is 41.9 Å². The second kappa shape index (κ2) is 8.75. The fourth-order valence-electron chi connectivity index (χ4n) is 2.25. The maximum absolute atomic E-state index is 11.6. The van der Waals surface area contributed by atoms with Crippen molar-refractivity contribution < 1.29 is 19.1 Å². The number of hydrogen-bond acceptors (Lipinski definition) is 7. The summed E-state index contributed by atoms with van der Waals surface area (Å²) in [4.78, 5) is 11.5. The van der Waals surface area contributed by atoms with E-state index in [1.165, 1.54) is 6.08 Å². The number of rotatable bonds is 7.